The zero-order chi connectivity index (χ0) is 58.4. The van der Waals surface area contributed by atoms with Gasteiger partial charge in [0.2, 0.25) is 11.6 Å². The van der Waals surface area contributed by atoms with Gasteiger partial charge in [0.1, 0.15) is 23.1 Å². The molecule has 0 aromatic carbocycles. The van der Waals surface area contributed by atoms with E-state index >= 15 is 0 Å². The molecule has 0 saturated carbocycles. The van der Waals surface area contributed by atoms with Crippen molar-refractivity contribution in [3.63, 3.8) is 0 Å². The summed E-state index contributed by atoms with van der Waals surface area (Å²) in [5.74, 6) is 1.13. The summed E-state index contributed by atoms with van der Waals surface area (Å²) in [6, 6.07) is 5.70. The van der Waals surface area contributed by atoms with E-state index in [0.29, 0.717) is 17.5 Å². The zero-order valence-electron chi connectivity index (χ0n) is 49.4. The van der Waals surface area contributed by atoms with E-state index < -0.39 is 5.97 Å². The minimum Gasteiger partial charge on any atom is -0.572 e. The zero-order valence-corrected chi connectivity index (χ0v) is 51.6. The van der Waals surface area contributed by atoms with Crippen molar-refractivity contribution >= 4 is 17.5 Å². The molecule has 8 aromatic heterocycles. The van der Waals surface area contributed by atoms with Gasteiger partial charge >= 0.3 is 27.0 Å². The maximum atomic E-state index is 11.5. The van der Waals surface area contributed by atoms with Gasteiger partial charge in [0, 0.05) is 79.1 Å². The average Bonchev–Trinajstić information content (AvgIpc) is 4.14. The molecular weight excluding hydrogens is 1180 g/mol. The van der Waals surface area contributed by atoms with E-state index in [1.54, 1.807) is 24.8 Å². The molecule has 0 spiro atoms. The van der Waals surface area contributed by atoms with Crippen LogP contribution in [0.2, 0.25) is 0 Å². The normalized spacial score (nSPS) is 11.4. The molecule has 8 rings (SSSR count). The summed E-state index contributed by atoms with van der Waals surface area (Å²) >= 11 is 0. The van der Waals surface area contributed by atoms with Crippen LogP contribution in [0.4, 0.5) is 0 Å². The van der Waals surface area contributed by atoms with Crippen LogP contribution in [0.5, 0.6) is 0 Å². The first kappa shape index (κ1) is 65.8. The topological polar surface area (TPSA) is 272 Å². The third kappa shape index (κ3) is 21.0. The number of carbonyl (C=O) groups excluding carboxylic acids is 3. The quantitative estimate of drug-likeness (QED) is 0.0882. The van der Waals surface area contributed by atoms with Gasteiger partial charge in [-0.25, -0.2) is 54.6 Å². The fraction of sp³-hybridized carbons (Fsp3) is 0.448. The standard InChI is InChI=1S/C12H16N4.2C12H15N4.C12H16N2O2.C10H14N2O2.Pt/c3*1-8-5-10(16-15-8)11-13-6-9(7-14-11)12(2,3)4;1-8(15)5-10(16)11-13-6-9(7-14-11)12(2,3)4;1-10(2,3)7-5-11-8(12-6-7)9(13)14-4;/h5-7H,1-4H3,(H,15,16);2*5-7H,1-4H3;6-7H,5H2,1-4H3;5-6H,1-4H3;/q;2*-1;;;+2. The van der Waals surface area contributed by atoms with E-state index in [-0.39, 0.29) is 77.8 Å². The summed E-state index contributed by atoms with van der Waals surface area (Å²) in [5.41, 5.74) is 10.6. The number of hydrogen-bond donors (Lipinski definition) is 1. The van der Waals surface area contributed by atoms with Crippen molar-refractivity contribution in [1.29, 1.82) is 0 Å². The van der Waals surface area contributed by atoms with Crippen molar-refractivity contribution in [2.24, 2.45) is 0 Å². The van der Waals surface area contributed by atoms with Crippen molar-refractivity contribution < 1.29 is 40.2 Å². The minimum atomic E-state index is -0.509. The van der Waals surface area contributed by atoms with E-state index in [9.17, 15) is 14.4 Å². The Balaban J connectivity index is 0.000000259. The molecule has 0 amide bonds. The van der Waals surface area contributed by atoms with E-state index in [1.807, 2.05) is 96.9 Å². The fourth-order valence-electron chi connectivity index (χ4n) is 6.15. The summed E-state index contributed by atoms with van der Waals surface area (Å²) in [5, 5.41) is 22.9. The number of ketones is 2. The number of aryl methyl sites for hydroxylation is 3. The number of hydrogen-bond acceptors (Lipinski definition) is 17. The predicted octanol–water partition coefficient (Wildman–Crippen LogP) is 10.2. The van der Waals surface area contributed by atoms with Crippen molar-refractivity contribution in [1.82, 2.24) is 80.4 Å². The van der Waals surface area contributed by atoms with Gasteiger partial charge in [0.15, 0.2) is 11.6 Å². The minimum absolute atomic E-state index is 0. The number of aromatic nitrogens is 16. The van der Waals surface area contributed by atoms with E-state index in [0.717, 1.165) is 62.0 Å². The van der Waals surface area contributed by atoms with Crippen molar-refractivity contribution in [3.05, 3.63) is 137 Å². The van der Waals surface area contributed by atoms with Gasteiger partial charge in [0.25, 0.3) is 0 Å². The van der Waals surface area contributed by atoms with Crippen LogP contribution in [-0.2, 0) is 57.7 Å². The molecule has 8 aromatic rings. The van der Waals surface area contributed by atoms with Crippen molar-refractivity contribution in [3.8, 4) is 34.6 Å². The summed E-state index contributed by atoms with van der Waals surface area (Å²) in [7, 11) is 1.31. The van der Waals surface area contributed by atoms with Gasteiger partial charge in [-0.15, -0.1) is 0 Å². The second-order valence-corrected chi connectivity index (χ2v) is 23.7. The molecule has 0 aliphatic carbocycles. The van der Waals surface area contributed by atoms with Crippen LogP contribution in [0, 0.1) is 20.8 Å². The van der Waals surface area contributed by atoms with E-state index in [1.165, 1.54) is 14.0 Å². The number of methoxy groups -OCH3 is 1. The number of carbonyl (C=O) groups is 3. The SMILES string of the molecule is CC(=O)CC(=O)c1ncc(C(C)(C)C)cn1.COC(=O)c1ncc(C(C)(C)C)cn1.Cc1cc(-c2ncc(C(C)(C)C)cn2)[n-]n1.Cc1cc(-c2ncc(C(C)(C)C)cn2)[n-]n1.Cc1cc(-c2ncc(C(C)(C)C)cn2)n[nH]1.[Pt+2]. The molecule has 0 saturated heterocycles. The van der Waals surface area contributed by atoms with E-state index in [4.69, 9.17) is 0 Å². The number of rotatable bonds is 7. The smallest absolute Gasteiger partial charge is 0.572 e. The molecule has 79 heavy (non-hydrogen) atoms. The first-order valence-electron chi connectivity index (χ1n) is 25.4. The largest absolute Gasteiger partial charge is 2.00 e. The molecular formula is C58H76N16O4Pt. The van der Waals surface area contributed by atoms with Crippen molar-refractivity contribution in [2.45, 2.75) is 165 Å². The van der Waals surface area contributed by atoms with Crippen LogP contribution in [0.25, 0.3) is 34.6 Å². The Labute approximate surface area is 479 Å². The summed E-state index contributed by atoms with van der Waals surface area (Å²) in [6.07, 6.45) is 17.6. The summed E-state index contributed by atoms with van der Waals surface area (Å²) < 4.78 is 4.50. The number of esters is 1. The molecule has 0 aliphatic heterocycles. The first-order valence-corrected chi connectivity index (χ1v) is 25.4. The molecule has 0 bridgehead atoms. The predicted molar refractivity (Wildman–Crippen MR) is 300 cm³/mol. The van der Waals surface area contributed by atoms with Crippen LogP contribution in [0.3, 0.4) is 0 Å². The van der Waals surface area contributed by atoms with E-state index in [2.05, 4.69) is 168 Å². The van der Waals surface area contributed by atoms with Crippen LogP contribution < -0.4 is 10.2 Å². The fourth-order valence-corrected chi connectivity index (χ4v) is 6.15. The number of nitrogens with zero attached hydrogens (tertiary/aromatic N) is 15. The number of nitrogens with one attached hydrogen (secondary N) is 1. The Kier molecular flexibility index (Phi) is 23.2. The van der Waals surface area contributed by atoms with Gasteiger partial charge in [-0.05, 0) is 88.7 Å². The molecule has 20 nitrogen and oxygen atoms in total. The maximum Gasteiger partial charge on any atom is 2.00 e. The third-order valence-corrected chi connectivity index (χ3v) is 11.3. The molecule has 422 valence electrons. The second-order valence-electron chi connectivity index (χ2n) is 23.7. The van der Waals surface area contributed by atoms with Gasteiger partial charge in [-0.1, -0.05) is 127 Å². The molecule has 21 heteroatoms. The second kappa shape index (κ2) is 27.9. The average molecular weight is 1260 g/mol. The maximum absolute atomic E-state index is 11.5. The first-order chi connectivity index (χ1) is 36.1. The molecule has 0 radical (unpaired) electrons. The summed E-state index contributed by atoms with van der Waals surface area (Å²) in [4.78, 5) is 75.0. The molecule has 0 unspecified atom stereocenters. The Morgan fingerprint density at radius 3 is 1.03 bits per heavy atom. The van der Waals surface area contributed by atoms with Gasteiger partial charge < -0.3 is 25.1 Å². The van der Waals surface area contributed by atoms with Crippen LogP contribution in [0.1, 0.15) is 183 Å². The van der Waals surface area contributed by atoms with Gasteiger partial charge in [0.05, 0.1) is 13.5 Å². The summed E-state index contributed by atoms with van der Waals surface area (Å²) in [6.45, 7) is 38.7. The van der Waals surface area contributed by atoms with Crippen LogP contribution >= 0.6 is 0 Å². The number of ether oxygens (including phenoxy) is 1. The van der Waals surface area contributed by atoms with Gasteiger partial charge in [-0.2, -0.15) is 5.10 Å². The number of H-pyrrole nitrogens is 1. The molecule has 0 atom stereocenters. The molecule has 0 aliphatic rings. The van der Waals surface area contributed by atoms with Gasteiger partial charge in [-0.3, -0.25) is 14.7 Å². The molecule has 8 heterocycles. The Hall–Kier alpha value is -7.47. The Morgan fingerprint density at radius 2 is 0.772 bits per heavy atom. The monoisotopic (exact) mass is 1260 g/mol. The Bertz CT molecular complexity index is 2950. The third-order valence-electron chi connectivity index (χ3n) is 11.3. The molecule has 1 N–H and O–H groups in total. The van der Waals surface area contributed by atoms with Crippen molar-refractivity contribution in [2.75, 3.05) is 7.11 Å². The Morgan fingerprint density at radius 1 is 0.468 bits per heavy atom. The molecule has 0 fully saturated rings. The number of aromatic amines is 1. The number of Topliss-reactive ketones (excluding diaryl/α,β-unsaturated/α-hetero) is 2. The van der Waals surface area contributed by atoms with Crippen LogP contribution in [0.15, 0.2) is 80.2 Å². The van der Waals surface area contributed by atoms with Crippen LogP contribution in [-0.4, -0.2) is 94.9 Å².